The summed E-state index contributed by atoms with van der Waals surface area (Å²) in [6.07, 6.45) is -14.9. The Kier molecular flexibility index (Phi) is 13.3. The van der Waals surface area contributed by atoms with Crippen LogP contribution in [0.1, 0.15) is 18.9 Å². The molecule has 2 fully saturated rings. The molecule has 17 nitrogen and oxygen atoms in total. The largest absolute Gasteiger partial charge is 0.508 e. The molecule has 0 amide bonds. The Bertz CT molecular complexity index is 1280. The summed E-state index contributed by atoms with van der Waals surface area (Å²) in [4.78, 5) is 26.1. The number of benzene rings is 1. The van der Waals surface area contributed by atoms with E-state index in [0.717, 1.165) is 18.9 Å². The molecule has 3 aliphatic rings. The normalized spacial score (nSPS) is 36.2. The summed E-state index contributed by atoms with van der Waals surface area (Å²) < 4.78 is 38.5. The van der Waals surface area contributed by atoms with Gasteiger partial charge >= 0.3 is 11.9 Å². The highest BCUT2D eigenvalue weighted by Gasteiger charge is 2.49. The van der Waals surface area contributed by atoms with Gasteiger partial charge in [-0.2, -0.15) is 0 Å². The molecule has 1 aromatic carbocycles. The molecular weight excluding hydrogens is 644 g/mol. The van der Waals surface area contributed by atoms with E-state index >= 15 is 0 Å². The van der Waals surface area contributed by atoms with Crippen LogP contribution in [0, 0.1) is 5.92 Å². The summed E-state index contributed by atoms with van der Waals surface area (Å²) in [6, 6.07) is 6.32. The Balaban J connectivity index is 1.50. The molecule has 0 aromatic heterocycles. The number of allylic oxidation sites excluding steroid dienone is 1. The first-order chi connectivity index (χ1) is 22.9. The lowest BCUT2D eigenvalue weighted by Crippen LogP contribution is -2.60. The Morgan fingerprint density at radius 1 is 0.875 bits per heavy atom. The van der Waals surface area contributed by atoms with Crippen molar-refractivity contribution in [1.82, 2.24) is 0 Å². The molecule has 12 atom stereocenters. The number of carbonyl (C=O) groups excluding carboxylic acids is 2. The number of rotatable bonds is 12. The van der Waals surface area contributed by atoms with Crippen molar-refractivity contribution in [3.63, 3.8) is 0 Å². The molecular formula is C31H42O17. The molecule has 8 N–H and O–H groups in total. The fourth-order valence-corrected chi connectivity index (χ4v) is 5.56. The number of hydrogen-bond donors (Lipinski definition) is 8. The van der Waals surface area contributed by atoms with Crippen LogP contribution >= 0.6 is 0 Å². The van der Waals surface area contributed by atoms with Crippen LogP contribution in [0.5, 0.6) is 5.75 Å². The number of esters is 2. The fraction of sp³-hybridized carbons (Fsp3) is 0.613. The first-order valence-corrected chi connectivity index (χ1v) is 15.2. The fourth-order valence-electron chi connectivity index (χ4n) is 5.56. The zero-order chi connectivity index (χ0) is 35.1. The van der Waals surface area contributed by atoms with Crippen LogP contribution in [0.25, 0.3) is 0 Å². The van der Waals surface area contributed by atoms with Crippen molar-refractivity contribution in [2.45, 2.75) is 87.5 Å². The molecule has 0 aliphatic carbocycles. The van der Waals surface area contributed by atoms with E-state index in [1.807, 2.05) is 0 Å². The van der Waals surface area contributed by atoms with Gasteiger partial charge in [-0.25, -0.2) is 4.79 Å². The van der Waals surface area contributed by atoms with E-state index in [0.29, 0.717) is 6.42 Å². The second-order valence-electron chi connectivity index (χ2n) is 11.4. The van der Waals surface area contributed by atoms with Crippen LogP contribution in [-0.2, 0) is 49.2 Å². The summed E-state index contributed by atoms with van der Waals surface area (Å²) in [5.74, 6) is -2.90. The average Bonchev–Trinajstić information content (AvgIpc) is 3.08. The maximum absolute atomic E-state index is 13.4. The van der Waals surface area contributed by atoms with Crippen molar-refractivity contribution < 1.29 is 83.6 Å². The summed E-state index contributed by atoms with van der Waals surface area (Å²) in [7, 11) is 1.11. The van der Waals surface area contributed by atoms with Crippen molar-refractivity contribution in [3.8, 4) is 5.75 Å². The first-order valence-electron chi connectivity index (χ1n) is 15.2. The van der Waals surface area contributed by atoms with Gasteiger partial charge in [-0.3, -0.25) is 4.79 Å². The van der Waals surface area contributed by atoms with Gasteiger partial charge < -0.3 is 74.0 Å². The lowest BCUT2D eigenvalue weighted by atomic mass is 9.86. The number of hydrogen-bond acceptors (Lipinski definition) is 17. The molecule has 0 unspecified atom stereocenters. The zero-order valence-electron chi connectivity index (χ0n) is 26.2. The Labute approximate surface area is 275 Å². The zero-order valence-corrected chi connectivity index (χ0v) is 26.2. The number of phenolic OH excluding ortho intramolecular Hbond substituents is 1. The number of aliphatic hydroxyl groups excluding tert-OH is 7. The highest BCUT2D eigenvalue weighted by molar-refractivity contribution is 5.90. The first kappa shape index (κ1) is 37.6. The van der Waals surface area contributed by atoms with E-state index in [-0.39, 0.29) is 23.5 Å². The van der Waals surface area contributed by atoms with E-state index in [4.69, 9.17) is 33.2 Å². The number of ether oxygens (including phenoxy) is 7. The lowest BCUT2D eigenvalue weighted by Gasteiger charge is -2.42. The standard InChI is InChI=1S/C31H42O17/c1-3-16-17(18(28(41)42-2)13-44-29(16)48-30-26(40)24(38)22(36)19(11-32)45-30)10-21(35)47-27-25(39)23(37)20(12-33)46-31(27)43-9-8-14-4-6-15(34)7-5-14/h3-7,13,17,19-20,22-27,29-34,36-40H,8-12H2,1-2H3/t17-,19+,20+,22+,23+,24-,25-,26+,27+,29+,30-,31+/m0/s1. The third-order valence-electron chi connectivity index (χ3n) is 8.30. The summed E-state index contributed by atoms with van der Waals surface area (Å²) in [5, 5.41) is 80.8. The molecule has 3 aliphatic heterocycles. The van der Waals surface area contributed by atoms with E-state index in [9.17, 15) is 50.4 Å². The molecule has 2 saturated heterocycles. The van der Waals surface area contributed by atoms with Crippen LogP contribution in [-0.4, -0.2) is 147 Å². The molecule has 1 aromatic rings. The number of carbonyl (C=O) groups is 2. The van der Waals surface area contributed by atoms with E-state index in [1.54, 1.807) is 19.1 Å². The topological polar surface area (TPSA) is 261 Å². The molecule has 4 rings (SSSR count). The lowest BCUT2D eigenvalue weighted by molar-refractivity contribution is -0.327. The van der Waals surface area contributed by atoms with Gasteiger partial charge in [0, 0.05) is 11.5 Å². The summed E-state index contributed by atoms with van der Waals surface area (Å²) >= 11 is 0. The van der Waals surface area contributed by atoms with Gasteiger partial charge in [0.1, 0.15) is 48.5 Å². The van der Waals surface area contributed by atoms with Gasteiger partial charge in [0.15, 0.2) is 18.7 Å². The molecule has 17 heteroatoms. The molecule has 48 heavy (non-hydrogen) atoms. The summed E-state index contributed by atoms with van der Waals surface area (Å²) in [5.41, 5.74) is 0.825. The SMILES string of the molecule is CC=C1[C@@H](O[C@@H]2O[C@H](CO)[C@@H](O)[C@H](O)[C@H]2O)OC=C(C(=O)OC)[C@H]1CC(=O)O[C@H]1[C@H](OCCc2ccc(O)cc2)O[C@H](CO)[C@@H](O)[C@@H]1O. The minimum Gasteiger partial charge on any atom is -0.508 e. The van der Waals surface area contributed by atoms with Gasteiger partial charge in [-0.15, -0.1) is 0 Å². The van der Waals surface area contributed by atoms with Crippen molar-refractivity contribution in [2.24, 2.45) is 5.92 Å². The minimum atomic E-state index is -1.77. The van der Waals surface area contributed by atoms with Crippen LogP contribution in [0.15, 0.2) is 47.7 Å². The molecule has 0 saturated carbocycles. The van der Waals surface area contributed by atoms with Crippen LogP contribution in [0.4, 0.5) is 0 Å². The Morgan fingerprint density at radius 2 is 1.50 bits per heavy atom. The highest BCUT2D eigenvalue weighted by atomic mass is 16.8. The van der Waals surface area contributed by atoms with Gasteiger partial charge in [0.2, 0.25) is 6.29 Å². The number of methoxy groups -OCH3 is 1. The predicted molar refractivity (Wildman–Crippen MR) is 157 cm³/mol. The van der Waals surface area contributed by atoms with Crippen LogP contribution in [0.3, 0.4) is 0 Å². The van der Waals surface area contributed by atoms with E-state index in [1.165, 1.54) is 18.2 Å². The quantitative estimate of drug-likeness (QED) is 0.0834. The maximum Gasteiger partial charge on any atom is 0.337 e. The monoisotopic (exact) mass is 686 g/mol. The highest BCUT2D eigenvalue weighted by Crippen LogP contribution is 2.37. The van der Waals surface area contributed by atoms with E-state index < -0.39 is 105 Å². The molecule has 3 heterocycles. The summed E-state index contributed by atoms with van der Waals surface area (Å²) in [6.45, 7) is 0.161. The molecule has 268 valence electrons. The second-order valence-corrected chi connectivity index (χ2v) is 11.4. The number of phenols is 1. The minimum absolute atomic E-state index is 0.000656. The Morgan fingerprint density at radius 3 is 2.10 bits per heavy atom. The Hall–Kier alpha value is -3.20. The maximum atomic E-state index is 13.4. The third kappa shape index (κ3) is 8.50. The molecule has 0 bridgehead atoms. The van der Waals surface area contributed by atoms with Gasteiger partial charge in [0.25, 0.3) is 0 Å². The smallest absolute Gasteiger partial charge is 0.337 e. The van der Waals surface area contributed by atoms with Gasteiger partial charge in [0.05, 0.1) is 45.2 Å². The van der Waals surface area contributed by atoms with E-state index in [2.05, 4.69) is 0 Å². The third-order valence-corrected chi connectivity index (χ3v) is 8.30. The average molecular weight is 687 g/mol. The van der Waals surface area contributed by atoms with Crippen molar-refractivity contribution >= 4 is 11.9 Å². The van der Waals surface area contributed by atoms with Crippen molar-refractivity contribution in [2.75, 3.05) is 26.9 Å². The van der Waals surface area contributed by atoms with Gasteiger partial charge in [-0.05, 0) is 31.0 Å². The number of aromatic hydroxyl groups is 1. The van der Waals surface area contributed by atoms with Crippen LogP contribution in [0.2, 0.25) is 0 Å². The van der Waals surface area contributed by atoms with Crippen molar-refractivity contribution in [1.29, 1.82) is 0 Å². The molecule has 0 spiro atoms. The molecule has 0 radical (unpaired) electrons. The number of aliphatic hydroxyl groups is 7. The van der Waals surface area contributed by atoms with Crippen LogP contribution < -0.4 is 0 Å². The predicted octanol–water partition coefficient (Wildman–Crippen LogP) is -2.52. The second kappa shape index (κ2) is 17.0. The van der Waals surface area contributed by atoms with Gasteiger partial charge in [-0.1, -0.05) is 18.2 Å². The van der Waals surface area contributed by atoms with Crippen molar-refractivity contribution in [3.05, 3.63) is 53.3 Å².